The molecule has 0 atom stereocenters. The van der Waals surface area contributed by atoms with Crippen LogP contribution in [0.3, 0.4) is 0 Å². The molecule has 2 N–H and O–H groups in total. The van der Waals surface area contributed by atoms with E-state index in [2.05, 4.69) is 41.6 Å². The van der Waals surface area contributed by atoms with Gasteiger partial charge in [0.15, 0.2) is 0 Å². The van der Waals surface area contributed by atoms with E-state index in [4.69, 9.17) is 17.3 Å². The first kappa shape index (κ1) is 19.1. The molecule has 130 valence electrons. The van der Waals surface area contributed by atoms with Gasteiger partial charge in [-0.05, 0) is 0 Å². The Morgan fingerprint density at radius 2 is 1.88 bits per heavy atom. The van der Waals surface area contributed by atoms with Gasteiger partial charge in [0.25, 0.3) is 0 Å². The van der Waals surface area contributed by atoms with Crippen LogP contribution in [-0.2, 0) is 13.0 Å². The maximum atomic E-state index is 12.3. The zero-order valence-corrected chi connectivity index (χ0v) is 16.9. The zero-order valence-electron chi connectivity index (χ0n) is 14.4. The molecule has 0 saturated heterocycles. The molecule has 1 heterocycles. The van der Waals surface area contributed by atoms with E-state index in [0.29, 0.717) is 11.2 Å². The van der Waals surface area contributed by atoms with Crippen LogP contribution >= 0.6 is 12.2 Å². The summed E-state index contributed by atoms with van der Waals surface area (Å²) in [5, 5.41) is 9.03. The van der Waals surface area contributed by atoms with Gasteiger partial charge in [-0.15, -0.1) is 0 Å². The normalized spacial score (nSPS) is 11.0. The van der Waals surface area contributed by atoms with E-state index in [1.54, 1.807) is 0 Å². The molecule has 0 unspecified atom stereocenters. The average molecular weight is 411 g/mol. The molecule has 0 aliphatic rings. The Balaban J connectivity index is 2.51. The Hall–Kier alpha value is -1.20. The Labute approximate surface area is 154 Å². The zero-order chi connectivity index (χ0) is 17.7. The van der Waals surface area contributed by atoms with E-state index in [9.17, 15) is 4.79 Å². The van der Waals surface area contributed by atoms with Crippen LogP contribution in [0.4, 0.5) is 0 Å². The van der Waals surface area contributed by atoms with Crippen molar-refractivity contribution in [3.8, 4) is 0 Å². The van der Waals surface area contributed by atoms with E-state index in [1.165, 1.54) is 15.6 Å². The molecule has 0 amide bonds. The van der Waals surface area contributed by atoms with Crippen molar-refractivity contribution in [2.24, 2.45) is 0 Å². The van der Waals surface area contributed by atoms with Crippen molar-refractivity contribution in [1.82, 2.24) is 9.55 Å². The molecule has 1 aromatic carbocycles. The van der Waals surface area contributed by atoms with Crippen molar-refractivity contribution >= 4 is 36.2 Å². The third-order valence-electron chi connectivity index (χ3n) is 3.80. The van der Waals surface area contributed by atoms with E-state index < -0.39 is 0 Å². The van der Waals surface area contributed by atoms with Crippen LogP contribution in [0.2, 0.25) is 0 Å². The summed E-state index contributed by atoms with van der Waals surface area (Å²) in [5.74, 6) is 0. The van der Waals surface area contributed by atoms with Crippen LogP contribution < -0.4 is 14.6 Å². The number of aliphatic hydroxyl groups excluding tert-OH is 1. The van der Waals surface area contributed by atoms with E-state index in [0.717, 1.165) is 29.5 Å². The molecular formula is C18H24N2O2SSe. The number of unbranched alkanes of at least 4 members (excludes halogenated alkanes) is 1. The van der Waals surface area contributed by atoms with Crippen molar-refractivity contribution in [3.05, 3.63) is 50.0 Å². The molecule has 0 aliphatic carbocycles. The number of aromatic nitrogens is 2. The molecule has 4 nitrogen and oxygen atoms in total. The number of nitrogens with one attached hydrogen (secondary N) is 1. The molecule has 1 aromatic heterocycles. The van der Waals surface area contributed by atoms with Crippen molar-refractivity contribution in [2.45, 2.75) is 46.6 Å². The predicted octanol–water partition coefficient (Wildman–Crippen LogP) is 1.51. The van der Waals surface area contributed by atoms with Crippen molar-refractivity contribution in [2.75, 3.05) is 6.61 Å². The molecule has 6 heteroatoms. The SMILES string of the molecule is CCc1c([Se]c2cc(C)cc(C)c2)n(CCCCO)c(=S)[nH]c1=O. The Bertz CT molecular complexity index is 806. The summed E-state index contributed by atoms with van der Waals surface area (Å²) in [5.41, 5.74) is 3.23. The topological polar surface area (TPSA) is 58.0 Å². The minimum absolute atomic E-state index is 0.0170. The van der Waals surface area contributed by atoms with E-state index >= 15 is 0 Å². The molecule has 0 fully saturated rings. The quantitative estimate of drug-likeness (QED) is 0.413. The summed E-state index contributed by atoms with van der Waals surface area (Å²) in [6.07, 6.45) is 2.26. The van der Waals surface area contributed by atoms with Crippen molar-refractivity contribution in [3.63, 3.8) is 0 Å². The molecule has 0 radical (unpaired) electrons. The second kappa shape index (κ2) is 8.77. The molecule has 0 saturated carbocycles. The third-order valence-corrected chi connectivity index (χ3v) is 6.49. The van der Waals surface area contributed by atoms with Gasteiger partial charge in [-0.25, -0.2) is 0 Å². The fraction of sp³-hybridized carbons (Fsp3) is 0.444. The van der Waals surface area contributed by atoms with Crippen LogP contribution in [-0.4, -0.2) is 36.2 Å². The maximum absolute atomic E-state index is 12.3. The van der Waals surface area contributed by atoms with Gasteiger partial charge in [0, 0.05) is 0 Å². The van der Waals surface area contributed by atoms with Gasteiger partial charge >= 0.3 is 154 Å². The van der Waals surface area contributed by atoms with E-state index in [-0.39, 0.29) is 27.1 Å². The first-order valence-electron chi connectivity index (χ1n) is 8.19. The number of nitrogens with zero attached hydrogens (tertiary/aromatic N) is 1. The second-order valence-electron chi connectivity index (χ2n) is 5.90. The molecular weight excluding hydrogens is 387 g/mol. The Morgan fingerprint density at radius 3 is 2.46 bits per heavy atom. The van der Waals surface area contributed by atoms with Gasteiger partial charge in [-0.2, -0.15) is 0 Å². The number of H-pyrrole nitrogens is 1. The van der Waals surface area contributed by atoms with Crippen LogP contribution in [0.5, 0.6) is 0 Å². The number of hydrogen-bond donors (Lipinski definition) is 2. The monoisotopic (exact) mass is 412 g/mol. The summed E-state index contributed by atoms with van der Waals surface area (Å²) in [7, 11) is 0. The number of aromatic amines is 1. The Kier molecular flexibility index (Phi) is 6.99. The summed E-state index contributed by atoms with van der Waals surface area (Å²) in [6, 6.07) is 6.54. The predicted molar refractivity (Wildman–Crippen MR) is 103 cm³/mol. The number of aliphatic hydroxyl groups is 1. The second-order valence-corrected chi connectivity index (χ2v) is 8.52. The van der Waals surface area contributed by atoms with Crippen LogP contribution in [0.15, 0.2) is 23.0 Å². The van der Waals surface area contributed by atoms with Crippen LogP contribution in [0.1, 0.15) is 36.5 Å². The number of aryl methyl sites for hydroxylation is 2. The van der Waals surface area contributed by atoms with Gasteiger partial charge < -0.3 is 0 Å². The first-order valence-corrected chi connectivity index (χ1v) is 10.3. The third kappa shape index (κ3) is 4.67. The summed E-state index contributed by atoms with van der Waals surface area (Å²) >= 11 is 5.42. The average Bonchev–Trinajstić information content (AvgIpc) is 2.49. The Morgan fingerprint density at radius 1 is 1.21 bits per heavy atom. The fourth-order valence-corrected chi connectivity index (χ4v) is 5.98. The number of hydrogen-bond acceptors (Lipinski definition) is 3. The van der Waals surface area contributed by atoms with Gasteiger partial charge in [-0.3, -0.25) is 0 Å². The molecule has 0 bridgehead atoms. The van der Waals surface area contributed by atoms with Gasteiger partial charge in [0.05, 0.1) is 0 Å². The molecule has 0 spiro atoms. The first-order chi connectivity index (χ1) is 11.5. The van der Waals surface area contributed by atoms with Crippen molar-refractivity contribution < 1.29 is 5.11 Å². The standard InChI is InChI=1S/C18H24N2O2SSe/c1-4-15-16(22)19-18(23)20(7-5-6-8-21)17(15)24-14-10-12(2)9-13(3)11-14/h9-11,21H,4-8H2,1-3H3,(H,19,22,23). The van der Waals surface area contributed by atoms with Crippen LogP contribution in [0.25, 0.3) is 0 Å². The molecule has 2 aromatic rings. The molecule has 0 aliphatic heterocycles. The summed E-state index contributed by atoms with van der Waals surface area (Å²) in [4.78, 5) is 15.1. The van der Waals surface area contributed by atoms with Crippen LogP contribution in [0, 0.1) is 18.6 Å². The number of benzene rings is 1. The fourth-order valence-electron chi connectivity index (χ4n) is 2.71. The van der Waals surface area contributed by atoms with Gasteiger partial charge in [-0.1, -0.05) is 0 Å². The molecule has 24 heavy (non-hydrogen) atoms. The summed E-state index contributed by atoms with van der Waals surface area (Å²) < 4.78 is 4.85. The molecule has 2 rings (SSSR count). The number of rotatable bonds is 7. The van der Waals surface area contributed by atoms with Crippen molar-refractivity contribution in [1.29, 1.82) is 0 Å². The van der Waals surface area contributed by atoms with E-state index in [1.807, 2.05) is 6.92 Å². The van der Waals surface area contributed by atoms with Gasteiger partial charge in [0.1, 0.15) is 0 Å². The summed E-state index contributed by atoms with van der Waals surface area (Å²) in [6.45, 7) is 7.10. The van der Waals surface area contributed by atoms with Gasteiger partial charge in [0.2, 0.25) is 0 Å². The minimum atomic E-state index is -0.0674.